The van der Waals surface area contributed by atoms with Crippen molar-refractivity contribution in [3.63, 3.8) is 0 Å². The zero-order chi connectivity index (χ0) is 20.1. The third kappa shape index (κ3) is 5.51. The van der Waals surface area contributed by atoms with Crippen molar-refractivity contribution in [1.82, 2.24) is 19.8 Å². The van der Waals surface area contributed by atoms with Crippen LogP contribution in [-0.2, 0) is 17.8 Å². The average Bonchev–Trinajstić information content (AvgIpc) is 3.11. The van der Waals surface area contributed by atoms with Gasteiger partial charge in [0, 0.05) is 51.7 Å². The van der Waals surface area contributed by atoms with Gasteiger partial charge in [0.15, 0.2) is 0 Å². The van der Waals surface area contributed by atoms with Gasteiger partial charge in [-0.15, -0.1) is 0 Å². The van der Waals surface area contributed by atoms with E-state index in [1.807, 2.05) is 6.07 Å². The van der Waals surface area contributed by atoms with E-state index >= 15 is 0 Å². The number of β-amino-alcohol motifs (C(OH)–C–C–N with tert-alkyl or cyclic N) is 1. The van der Waals surface area contributed by atoms with Gasteiger partial charge in [-0.3, -0.25) is 9.80 Å². The largest absolute Gasteiger partial charge is 0.387 e. The molecule has 29 heavy (non-hydrogen) atoms. The maximum atomic E-state index is 11.1. The second-order valence-electron chi connectivity index (χ2n) is 8.33. The van der Waals surface area contributed by atoms with Crippen molar-refractivity contribution in [2.75, 3.05) is 57.9 Å². The summed E-state index contributed by atoms with van der Waals surface area (Å²) in [7, 11) is 2.08. The summed E-state index contributed by atoms with van der Waals surface area (Å²) < 4.78 is 5.44. The fraction of sp³-hybridized carbons (Fsp3) is 0.545. The molecule has 156 valence electrons. The quantitative estimate of drug-likeness (QED) is 0.757. The standard InChI is InChI=1S/C22H31N5O2/c1-25(17-22(28)6-9-27(18-22)21-23-7-3-8-24-21)15-19-4-2-5-20(14-19)16-26-10-12-29-13-11-26/h2-5,7-8,14,28H,6,9-13,15-18H2,1H3/t22-/m0/s1. The Labute approximate surface area is 172 Å². The number of aliphatic hydroxyl groups is 1. The summed E-state index contributed by atoms with van der Waals surface area (Å²) >= 11 is 0. The molecule has 2 aliphatic heterocycles. The van der Waals surface area contributed by atoms with Crippen molar-refractivity contribution >= 4 is 5.95 Å². The van der Waals surface area contributed by atoms with E-state index in [1.54, 1.807) is 12.4 Å². The summed E-state index contributed by atoms with van der Waals surface area (Å²) in [5, 5.41) is 11.1. The Morgan fingerprint density at radius 1 is 1.10 bits per heavy atom. The summed E-state index contributed by atoms with van der Waals surface area (Å²) in [6, 6.07) is 10.6. The maximum Gasteiger partial charge on any atom is 0.225 e. The first-order chi connectivity index (χ1) is 14.1. The number of morpholine rings is 1. The van der Waals surface area contributed by atoms with Crippen LogP contribution in [0.25, 0.3) is 0 Å². The Balaban J connectivity index is 1.31. The minimum atomic E-state index is -0.737. The third-order valence-electron chi connectivity index (χ3n) is 5.69. The predicted molar refractivity (Wildman–Crippen MR) is 113 cm³/mol. The Morgan fingerprint density at radius 2 is 1.86 bits per heavy atom. The number of rotatable bonds is 7. The second-order valence-corrected chi connectivity index (χ2v) is 8.33. The molecule has 0 radical (unpaired) electrons. The molecule has 0 bridgehead atoms. The van der Waals surface area contributed by atoms with Crippen LogP contribution < -0.4 is 4.90 Å². The van der Waals surface area contributed by atoms with E-state index in [2.05, 4.69) is 56.0 Å². The molecule has 2 aliphatic rings. The first kappa shape index (κ1) is 20.2. The van der Waals surface area contributed by atoms with E-state index in [0.29, 0.717) is 19.0 Å². The summed E-state index contributed by atoms with van der Waals surface area (Å²) in [5.41, 5.74) is 1.88. The van der Waals surface area contributed by atoms with Crippen LogP contribution in [0.4, 0.5) is 5.95 Å². The van der Waals surface area contributed by atoms with Gasteiger partial charge in [0.1, 0.15) is 0 Å². The molecule has 0 aliphatic carbocycles. The third-order valence-corrected chi connectivity index (χ3v) is 5.69. The molecule has 1 atom stereocenters. The smallest absolute Gasteiger partial charge is 0.225 e. The number of hydrogen-bond donors (Lipinski definition) is 1. The number of likely N-dealkylation sites (N-methyl/N-ethyl adjacent to an activating group) is 1. The van der Waals surface area contributed by atoms with Crippen molar-refractivity contribution < 1.29 is 9.84 Å². The molecule has 7 heteroatoms. The summed E-state index contributed by atoms with van der Waals surface area (Å²) in [6.45, 7) is 7.42. The highest BCUT2D eigenvalue weighted by atomic mass is 16.5. The monoisotopic (exact) mass is 397 g/mol. The first-order valence-electron chi connectivity index (χ1n) is 10.4. The first-order valence-corrected chi connectivity index (χ1v) is 10.4. The number of ether oxygens (including phenoxy) is 1. The SMILES string of the molecule is CN(Cc1cccc(CN2CCOCC2)c1)C[C@@]1(O)CCN(c2ncccn2)C1. The average molecular weight is 398 g/mol. The molecule has 3 heterocycles. The van der Waals surface area contributed by atoms with Crippen LogP contribution in [0, 0.1) is 0 Å². The lowest BCUT2D eigenvalue weighted by molar-refractivity contribution is 0.0278. The molecule has 1 aromatic carbocycles. The lowest BCUT2D eigenvalue weighted by atomic mass is 10.0. The maximum absolute atomic E-state index is 11.1. The van der Waals surface area contributed by atoms with Crippen molar-refractivity contribution in [3.8, 4) is 0 Å². The number of aromatic nitrogens is 2. The summed E-state index contributed by atoms with van der Waals surface area (Å²) in [4.78, 5) is 15.3. The molecular formula is C22H31N5O2. The highest BCUT2D eigenvalue weighted by Crippen LogP contribution is 2.25. The number of hydrogen-bond acceptors (Lipinski definition) is 7. The summed E-state index contributed by atoms with van der Waals surface area (Å²) in [6.07, 6.45) is 4.22. The lowest BCUT2D eigenvalue weighted by Gasteiger charge is -2.29. The summed E-state index contributed by atoms with van der Waals surface area (Å²) in [5.74, 6) is 0.696. The van der Waals surface area contributed by atoms with Crippen LogP contribution in [0.1, 0.15) is 17.5 Å². The Hall–Kier alpha value is -2.06. The van der Waals surface area contributed by atoms with E-state index in [4.69, 9.17) is 4.74 Å². The zero-order valence-corrected chi connectivity index (χ0v) is 17.2. The number of anilines is 1. The Morgan fingerprint density at radius 3 is 2.66 bits per heavy atom. The van der Waals surface area contributed by atoms with Crippen LogP contribution in [-0.4, -0.2) is 83.5 Å². The van der Waals surface area contributed by atoms with Gasteiger partial charge in [-0.05, 0) is 30.7 Å². The highest BCUT2D eigenvalue weighted by Gasteiger charge is 2.37. The van der Waals surface area contributed by atoms with Gasteiger partial charge in [0.05, 0.1) is 25.4 Å². The van der Waals surface area contributed by atoms with E-state index in [0.717, 1.165) is 52.4 Å². The minimum Gasteiger partial charge on any atom is -0.387 e. The molecule has 0 unspecified atom stereocenters. The lowest BCUT2D eigenvalue weighted by Crippen LogP contribution is -2.43. The van der Waals surface area contributed by atoms with Crippen molar-refractivity contribution in [1.29, 1.82) is 0 Å². The van der Waals surface area contributed by atoms with E-state index < -0.39 is 5.60 Å². The molecular weight excluding hydrogens is 366 g/mol. The fourth-order valence-electron chi connectivity index (χ4n) is 4.32. The van der Waals surface area contributed by atoms with Crippen LogP contribution >= 0.6 is 0 Å². The van der Waals surface area contributed by atoms with Gasteiger partial charge < -0.3 is 14.7 Å². The van der Waals surface area contributed by atoms with Crippen LogP contribution in [0.5, 0.6) is 0 Å². The molecule has 1 aromatic heterocycles. The van der Waals surface area contributed by atoms with Gasteiger partial charge in [-0.1, -0.05) is 24.3 Å². The Bertz CT molecular complexity index is 784. The van der Waals surface area contributed by atoms with Crippen LogP contribution in [0.2, 0.25) is 0 Å². The second kappa shape index (κ2) is 9.17. The number of nitrogens with zero attached hydrogens (tertiary/aromatic N) is 5. The highest BCUT2D eigenvalue weighted by molar-refractivity contribution is 5.32. The molecule has 7 nitrogen and oxygen atoms in total. The minimum absolute atomic E-state index is 0.568. The molecule has 0 amide bonds. The fourth-order valence-corrected chi connectivity index (χ4v) is 4.32. The molecule has 1 N–H and O–H groups in total. The van der Waals surface area contributed by atoms with Gasteiger partial charge >= 0.3 is 0 Å². The molecule has 0 spiro atoms. The van der Waals surface area contributed by atoms with Gasteiger partial charge in [0.2, 0.25) is 5.95 Å². The number of benzene rings is 1. The molecule has 0 saturated carbocycles. The molecule has 2 saturated heterocycles. The van der Waals surface area contributed by atoms with E-state index in [-0.39, 0.29) is 0 Å². The van der Waals surface area contributed by atoms with E-state index in [1.165, 1.54) is 11.1 Å². The van der Waals surface area contributed by atoms with Crippen LogP contribution in [0.3, 0.4) is 0 Å². The van der Waals surface area contributed by atoms with Crippen molar-refractivity contribution in [2.45, 2.75) is 25.1 Å². The molecule has 4 rings (SSSR count). The van der Waals surface area contributed by atoms with Gasteiger partial charge in [-0.2, -0.15) is 0 Å². The van der Waals surface area contributed by atoms with Crippen molar-refractivity contribution in [2.24, 2.45) is 0 Å². The zero-order valence-electron chi connectivity index (χ0n) is 17.2. The molecule has 2 fully saturated rings. The molecule has 2 aromatic rings. The topological polar surface area (TPSA) is 65.0 Å². The van der Waals surface area contributed by atoms with Crippen molar-refractivity contribution in [3.05, 3.63) is 53.9 Å². The van der Waals surface area contributed by atoms with Crippen LogP contribution in [0.15, 0.2) is 42.7 Å². The predicted octanol–water partition coefficient (Wildman–Crippen LogP) is 1.38. The van der Waals surface area contributed by atoms with Gasteiger partial charge in [0.25, 0.3) is 0 Å². The normalized spacial score (nSPS) is 23.1. The van der Waals surface area contributed by atoms with E-state index in [9.17, 15) is 5.11 Å². The van der Waals surface area contributed by atoms with Gasteiger partial charge in [-0.25, -0.2) is 9.97 Å². The Kier molecular flexibility index (Phi) is 6.40.